The molecule has 0 aliphatic carbocycles. The predicted octanol–water partition coefficient (Wildman–Crippen LogP) is 2.77. The molecule has 0 saturated carbocycles. The highest BCUT2D eigenvalue weighted by molar-refractivity contribution is 5.82. The molecule has 128 valence electrons. The van der Waals surface area contributed by atoms with Crippen molar-refractivity contribution >= 4 is 16.9 Å². The number of para-hydroxylation sites is 3. The zero-order valence-corrected chi connectivity index (χ0v) is 14.5. The van der Waals surface area contributed by atoms with Crippen LogP contribution in [0.3, 0.4) is 0 Å². The molecule has 25 heavy (non-hydrogen) atoms. The lowest BCUT2D eigenvalue weighted by atomic mass is 10.1. The first-order chi connectivity index (χ1) is 12.1. The van der Waals surface area contributed by atoms with Gasteiger partial charge in [0.25, 0.3) is 5.91 Å². The van der Waals surface area contributed by atoms with Crippen LogP contribution >= 0.6 is 0 Å². The van der Waals surface area contributed by atoms with Gasteiger partial charge in [0, 0.05) is 19.5 Å². The Bertz CT molecular complexity index is 945. The number of rotatable bonds is 4. The summed E-state index contributed by atoms with van der Waals surface area (Å²) in [7, 11) is 0. The Labute approximate surface area is 146 Å². The fourth-order valence-electron chi connectivity index (χ4n) is 3.46. The maximum Gasteiger partial charge on any atom is 0.261 e. The molecule has 1 N–H and O–H groups in total. The van der Waals surface area contributed by atoms with Gasteiger partial charge in [-0.15, -0.1) is 0 Å². The molecule has 1 aromatic heterocycles. The average molecular weight is 335 g/mol. The smallest absolute Gasteiger partial charge is 0.261 e. The number of nitrogens with one attached hydrogen (secondary N) is 1. The van der Waals surface area contributed by atoms with E-state index < -0.39 is 6.10 Å². The van der Waals surface area contributed by atoms with E-state index in [1.165, 1.54) is 0 Å². The molecule has 0 radical (unpaired) electrons. The topological polar surface area (TPSA) is 56.1 Å². The fraction of sp³-hybridized carbons (Fsp3) is 0.300. The molecular formula is C20H21N3O2. The molecule has 5 nitrogen and oxygen atoms in total. The normalized spacial score (nSPS) is 15.8. The number of aromatic nitrogens is 2. The van der Waals surface area contributed by atoms with Gasteiger partial charge in [0.2, 0.25) is 0 Å². The van der Waals surface area contributed by atoms with E-state index in [4.69, 9.17) is 4.74 Å². The quantitative estimate of drug-likeness (QED) is 0.798. The zero-order valence-electron chi connectivity index (χ0n) is 14.5. The van der Waals surface area contributed by atoms with E-state index in [9.17, 15) is 4.79 Å². The molecule has 0 saturated heterocycles. The summed E-state index contributed by atoms with van der Waals surface area (Å²) in [5, 5.41) is 3.00. The van der Waals surface area contributed by atoms with E-state index in [0.717, 1.165) is 33.7 Å². The highest BCUT2D eigenvalue weighted by Gasteiger charge is 2.29. The third kappa shape index (κ3) is 2.86. The monoisotopic (exact) mass is 335 g/mol. The van der Waals surface area contributed by atoms with Crippen LogP contribution in [-0.2, 0) is 17.8 Å². The first-order valence-corrected chi connectivity index (χ1v) is 8.58. The summed E-state index contributed by atoms with van der Waals surface area (Å²) in [6.07, 6.45) is 0.201. The summed E-state index contributed by atoms with van der Waals surface area (Å²) in [6.45, 7) is 5.24. The van der Waals surface area contributed by atoms with Crippen molar-refractivity contribution in [3.63, 3.8) is 0 Å². The summed E-state index contributed by atoms with van der Waals surface area (Å²) >= 11 is 0. The van der Waals surface area contributed by atoms with Gasteiger partial charge in [0.15, 0.2) is 6.10 Å². The highest BCUT2D eigenvalue weighted by atomic mass is 16.5. The van der Waals surface area contributed by atoms with Crippen LogP contribution in [0.2, 0.25) is 0 Å². The van der Waals surface area contributed by atoms with Crippen LogP contribution in [0.5, 0.6) is 5.75 Å². The van der Waals surface area contributed by atoms with Crippen LogP contribution < -0.4 is 10.1 Å². The minimum Gasteiger partial charge on any atom is -0.480 e. The number of imidazole rings is 1. The summed E-state index contributed by atoms with van der Waals surface area (Å²) < 4.78 is 7.98. The van der Waals surface area contributed by atoms with Gasteiger partial charge in [-0.2, -0.15) is 0 Å². The van der Waals surface area contributed by atoms with Gasteiger partial charge in [-0.05, 0) is 37.1 Å². The minimum absolute atomic E-state index is 0.0577. The molecule has 1 aliphatic rings. The van der Waals surface area contributed by atoms with Crippen LogP contribution in [-0.4, -0.2) is 28.1 Å². The Kier molecular flexibility index (Phi) is 3.92. The summed E-state index contributed by atoms with van der Waals surface area (Å²) in [6, 6.07) is 14.1. The second-order valence-corrected chi connectivity index (χ2v) is 6.46. The van der Waals surface area contributed by atoms with Crippen LogP contribution in [0.25, 0.3) is 11.0 Å². The Hall–Kier alpha value is -2.82. The molecule has 2 aromatic carbocycles. The number of hydrogen-bond donors (Lipinski definition) is 1. The highest BCUT2D eigenvalue weighted by Crippen LogP contribution is 2.31. The first-order valence-electron chi connectivity index (χ1n) is 8.58. The van der Waals surface area contributed by atoms with Crippen LogP contribution in [0.1, 0.15) is 17.0 Å². The van der Waals surface area contributed by atoms with Crippen molar-refractivity contribution in [1.82, 2.24) is 14.9 Å². The second kappa shape index (κ2) is 6.24. The van der Waals surface area contributed by atoms with Crippen molar-refractivity contribution < 1.29 is 9.53 Å². The molecule has 2 heterocycles. The first kappa shape index (κ1) is 15.7. The number of amides is 1. The molecular weight excluding hydrogens is 314 g/mol. The van der Waals surface area contributed by atoms with Gasteiger partial charge in [-0.25, -0.2) is 4.98 Å². The molecule has 1 amide bonds. The Morgan fingerprint density at radius 3 is 2.92 bits per heavy atom. The molecule has 5 heteroatoms. The van der Waals surface area contributed by atoms with Crippen LogP contribution in [0, 0.1) is 13.8 Å². The number of hydrogen-bond acceptors (Lipinski definition) is 3. The number of nitrogens with zero attached hydrogens (tertiary/aromatic N) is 2. The second-order valence-electron chi connectivity index (χ2n) is 6.46. The van der Waals surface area contributed by atoms with Crippen LogP contribution in [0.15, 0.2) is 42.5 Å². The van der Waals surface area contributed by atoms with Gasteiger partial charge < -0.3 is 14.6 Å². The Morgan fingerprint density at radius 1 is 1.24 bits per heavy atom. The van der Waals surface area contributed by atoms with Crippen molar-refractivity contribution in [2.45, 2.75) is 32.9 Å². The SMILES string of the molecule is Cc1cccc2c1OC(C(=O)NCCn1c(C)nc3ccccc31)C2. The lowest BCUT2D eigenvalue weighted by Crippen LogP contribution is -2.39. The number of carbonyl (C=O) groups excluding carboxylic acids is 1. The maximum atomic E-state index is 12.4. The number of fused-ring (bicyclic) bond motifs is 2. The van der Waals surface area contributed by atoms with E-state index in [2.05, 4.69) is 20.9 Å². The molecule has 3 aromatic rings. The van der Waals surface area contributed by atoms with Gasteiger partial charge >= 0.3 is 0 Å². The molecule has 0 spiro atoms. The lowest BCUT2D eigenvalue weighted by Gasteiger charge is -2.13. The minimum atomic E-state index is -0.434. The maximum absolute atomic E-state index is 12.4. The number of ether oxygens (including phenoxy) is 1. The van der Waals surface area contributed by atoms with Gasteiger partial charge in [0.1, 0.15) is 11.6 Å². The number of aryl methyl sites for hydroxylation is 2. The summed E-state index contributed by atoms with van der Waals surface area (Å²) in [5.41, 5.74) is 4.26. The summed E-state index contributed by atoms with van der Waals surface area (Å²) in [4.78, 5) is 17.0. The average Bonchev–Trinajstić information content (AvgIpc) is 3.17. The number of benzene rings is 2. The molecule has 4 rings (SSSR count). The molecule has 0 fully saturated rings. The van der Waals surface area contributed by atoms with Gasteiger partial charge in [-0.3, -0.25) is 4.79 Å². The number of carbonyl (C=O) groups is 1. The Balaban J connectivity index is 1.38. The van der Waals surface area contributed by atoms with Crippen molar-refractivity contribution in [2.24, 2.45) is 0 Å². The molecule has 0 bridgehead atoms. The summed E-state index contributed by atoms with van der Waals surface area (Å²) in [5.74, 6) is 1.76. The van der Waals surface area contributed by atoms with Gasteiger partial charge in [-0.1, -0.05) is 30.3 Å². The Morgan fingerprint density at radius 2 is 2.08 bits per heavy atom. The van der Waals surface area contributed by atoms with E-state index in [1.807, 2.05) is 50.2 Å². The van der Waals surface area contributed by atoms with Crippen molar-refractivity contribution in [3.05, 3.63) is 59.4 Å². The standard InChI is InChI=1S/C20H21N3O2/c1-13-6-5-7-15-12-18(25-19(13)15)20(24)21-10-11-23-14(2)22-16-8-3-4-9-17(16)23/h3-9,18H,10-12H2,1-2H3,(H,21,24). The van der Waals surface area contributed by atoms with E-state index >= 15 is 0 Å². The third-order valence-corrected chi connectivity index (χ3v) is 4.73. The van der Waals surface area contributed by atoms with Crippen molar-refractivity contribution in [3.8, 4) is 5.75 Å². The molecule has 1 unspecified atom stereocenters. The lowest BCUT2D eigenvalue weighted by molar-refractivity contribution is -0.127. The third-order valence-electron chi connectivity index (χ3n) is 4.73. The molecule has 1 aliphatic heterocycles. The fourth-order valence-corrected chi connectivity index (χ4v) is 3.46. The largest absolute Gasteiger partial charge is 0.480 e. The van der Waals surface area contributed by atoms with Crippen molar-refractivity contribution in [1.29, 1.82) is 0 Å². The van der Waals surface area contributed by atoms with Gasteiger partial charge in [0.05, 0.1) is 11.0 Å². The predicted molar refractivity (Wildman–Crippen MR) is 96.8 cm³/mol. The van der Waals surface area contributed by atoms with E-state index in [0.29, 0.717) is 19.5 Å². The molecule has 1 atom stereocenters. The van der Waals surface area contributed by atoms with Crippen LogP contribution in [0.4, 0.5) is 0 Å². The van der Waals surface area contributed by atoms with Crippen molar-refractivity contribution in [2.75, 3.05) is 6.54 Å². The van der Waals surface area contributed by atoms with E-state index in [1.54, 1.807) is 0 Å². The van der Waals surface area contributed by atoms with E-state index in [-0.39, 0.29) is 5.91 Å². The zero-order chi connectivity index (χ0) is 17.4.